The van der Waals surface area contributed by atoms with Gasteiger partial charge < -0.3 is 24.6 Å². The molecule has 0 aliphatic rings. The van der Waals surface area contributed by atoms with Crippen molar-refractivity contribution in [2.24, 2.45) is 0 Å². The summed E-state index contributed by atoms with van der Waals surface area (Å²) in [6.07, 6.45) is 0.750. The fraction of sp³-hybridized carbons (Fsp3) is 0.250. The minimum atomic E-state index is -3.36. The molecule has 0 saturated heterocycles. The minimum Gasteiger partial charge on any atom is -0.478 e. The fourth-order valence-corrected chi connectivity index (χ4v) is 3.87. The maximum absolute atomic E-state index is 12.9. The molecule has 0 bridgehead atoms. The summed E-state index contributed by atoms with van der Waals surface area (Å²) in [5.74, 6) is -1.15. The van der Waals surface area contributed by atoms with Crippen molar-refractivity contribution >= 4 is 27.5 Å². The van der Waals surface area contributed by atoms with Gasteiger partial charge in [0.1, 0.15) is 17.7 Å². The highest BCUT2D eigenvalue weighted by molar-refractivity contribution is 7.91. The van der Waals surface area contributed by atoms with E-state index in [2.05, 4.69) is 15.3 Å². The Morgan fingerprint density at radius 2 is 1.75 bits per heavy atom. The number of carbonyl (C=O) groups excluding carboxylic acids is 1. The fourth-order valence-electron chi connectivity index (χ4n) is 2.98. The second-order valence-corrected chi connectivity index (χ2v) is 9.86. The molecule has 0 saturated carbocycles. The number of ether oxygens (including phenoxy) is 3. The Bertz CT molecular complexity index is 1330. The summed E-state index contributed by atoms with van der Waals surface area (Å²) >= 11 is 0. The van der Waals surface area contributed by atoms with E-state index in [1.807, 2.05) is 0 Å². The molecule has 2 aromatic heterocycles. The molecule has 2 heterocycles. The summed E-state index contributed by atoms with van der Waals surface area (Å²) in [4.78, 5) is 32.3. The van der Waals surface area contributed by atoms with E-state index < -0.39 is 21.7 Å². The van der Waals surface area contributed by atoms with Gasteiger partial charge >= 0.3 is 5.97 Å². The summed E-state index contributed by atoms with van der Waals surface area (Å²) in [6, 6.07) is 11.3. The number of hydrogen-bond donors (Lipinski definition) is 2. The van der Waals surface area contributed by atoms with E-state index in [0.29, 0.717) is 5.75 Å². The van der Waals surface area contributed by atoms with Gasteiger partial charge in [0.15, 0.2) is 9.84 Å². The highest BCUT2D eigenvalue weighted by atomic mass is 32.2. The number of carbonyl (C=O) groups is 2. The molecule has 0 radical (unpaired) electrons. The second-order valence-electron chi connectivity index (χ2n) is 7.58. The number of amides is 1. The topological polar surface area (TPSA) is 154 Å². The standard InChI is InChI=1S/C24H25N3O8S/c1-4-36(31,32)19-8-6-18(7-9-19)35-22-12-17(11-21(27-22)34-15(2)14-33-3)23(28)26-20-10-5-16(13-25-20)24(29)30/h5-13,15H,4,14H2,1-3H3,(H,29,30)(H,25,26,28)/t15-/m1/s1. The lowest BCUT2D eigenvalue weighted by Gasteiger charge is -2.15. The third-order valence-electron chi connectivity index (χ3n) is 4.80. The molecule has 3 rings (SSSR count). The number of aromatic nitrogens is 2. The Hall–Kier alpha value is -4.03. The Kier molecular flexibility index (Phi) is 8.56. The van der Waals surface area contributed by atoms with Crippen LogP contribution >= 0.6 is 0 Å². The van der Waals surface area contributed by atoms with Gasteiger partial charge in [-0.25, -0.2) is 18.2 Å². The number of aromatic carboxylic acids is 1. The molecule has 1 atom stereocenters. The Morgan fingerprint density at radius 3 is 2.33 bits per heavy atom. The molecule has 0 aliphatic carbocycles. The number of hydrogen-bond acceptors (Lipinski definition) is 9. The van der Waals surface area contributed by atoms with Gasteiger partial charge in [0.25, 0.3) is 5.91 Å². The van der Waals surface area contributed by atoms with Crippen LogP contribution in [0, 0.1) is 0 Å². The predicted molar refractivity (Wildman–Crippen MR) is 130 cm³/mol. The largest absolute Gasteiger partial charge is 0.478 e. The minimum absolute atomic E-state index is 0.0202. The van der Waals surface area contributed by atoms with Crippen LogP contribution in [-0.2, 0) is 14.6 Å². The molecule has 1 aromatic carbocycles. The molecule has 0 unspecified atom stereocenters. The maximum Gasteiger partial charge on any atom is 0.337 e. The van der Waals surface area contributed by atoms with Crippen molar-refractivity contribution in [3.05, 3.63) is 65.9 Å². The highest BCUT2D eigenvalue weighted by Crippen LogP contribution is 2.26. The van der Waals surface area contributed by atoms with E-state index in [-0.39, 0.29) is 52.1 Å². The van der Waals surface area contributed by atoms with Crippen LogP contribution in [-0.4, -0.2) is 60.9 Å². The molecule has 12 heteroatoms. The van der Waals surface area contributed by atoms with E-state index in [1.54, 1.807) is 13.8 Å². The third-order valence-corrected chi connectivity index (χ3v) is 6.55. The smallest absolute Gasteiger partial charge is 0.337 e. The van der Waals surface area contributed by atoms with Gasteiger partial charge in [-0.2, -0.15) is 4.98 Å². The normalized spacial score (nSPS) is 12.0. The van der Waals surface area contributed by atoms with Gasteiger partial charge in [-0.1, -0.05) is 6.92 Å². The average molecular weight is 516 g/mol. The zero-order valence-electron chi connectivity index (χ0n) is 19.8. The number of nitrogens with one attached hydrogen (secondary N) is 1. The summed E-state index contributed by atoms with van der Waals surface area (Å²) in [5, 5.41) is 11.6. The van der Waals surface area contributed by atoms with Crippen LogP contribution in [0.25, 0.3) is 0 Å². The van der Waals surface area contributed by atoms with Gasteiger partial charge in [-0.3, -0.25) is 4.79 Å². The molecule has 36 heavy (non-hydrogen) atoms. The Labute approximate surface area is 208 Å². The first-order chi connectivity index (χ1) is 17.1. The molecule has 3 aromatic rings. The molecule has 0 spiro atoms. The number of pyridine rings is 2. The summed E-state index contributed by atoms with van der Waals surface area (Å²) < 4.78 is 40.6. The van der Waals surface area contributed by atoms with Crippen molar-refractivity contribution in [3.8, 4) is 17.5 Å². The molecular weight excluding hydrogens is 490 g/mol. The molecular formula is C24H25N3O8S. The number of methoxy groups -OCH3 is 1. The Balaban J connectivity index is 1.87. The number of carboxylic acid groups (broad SMARTS) is 1. The highest BCUT2D eigenvalue weighted by Gasteiger charge is 2.16. The predicted octanol–water partition coefficient (Wildman–Crippen LogP) is 3.43. The van der Waals surface area contributed by atoms with E-state index in [4.69, 9.17) is 19.3 Å². The van der Waals surface area contributed by atoms with E-state index >= 15 is 0 Å². The number of sulfone groups is 1. The van der Waals surface area contributed by atoms with Crippen molar-refractivity contribution < 1.29 is 37.3 Å². The lowest BCUT2D eigenvalue weighted by Crippen LogP contribution is -2.19. The molecule has 190 valence electrons. The average Bonchev–Trinajstić information content (AvgIpc) is 2.84. The SMILES string of the molecule is CCS(=O)(=O)c1ccc(Oc2cc(C(=O)Nc3ccc(C(=O)O)cn3)cc(O[C@H](C)COC)n2)cc1. The van der Waals surface area contributed by atoms with Crippen molar-refractivity contribution in [1.82, 2.24) is 9.97 Å². The van der Waals surface area contributed by atoms with Crippen LogP contribution in [0.1, 0.15) is 34.6 Å². The zero-order chi connectivity index (χ0) is 26.3. The van der Waals surface area contributed by atoms with Gasteiger partial charge in [0.2, 0.25) is 11.8 Å². The lowest BCUT2D eigenvalue weighted by atomic mass is 10.2. The maximum atomic E-state index is 12.9. The molecule has 11 nitrogen and oxygen atoms in total. The van der Waals surface area contributed by atoms with E-state index in [9.17, 15) is 18.0 Å². The monoisotopic (exact) mass is 515 g/mol. The van der Waals surface area contributed by atoms with Crippen molar-refractivity contribution in [3.63, 3.8) is 0 Å². The van der Waals surface area contributed by atoms with E-state index in [0.717, 1.165) is 6.20 Å². The Morgan fingerprint density at radius 1 is 1.06 bits per heavy atom. The number of carboxylic acids is 1. The van der Waals surface area contributed by atoms with Crippen LogP contribution in [0.2, 0.25) is 0 Å². The van der Waals surface area contributed by atoms with Crippen LogP contribution < -0.4 is 14.8 Å². The van der Waals surface area contributed by atoms with E-state index in [1.165, 1.54) is 55.6 Å². The summed E-state index contributed by atoms with van der Waals surface area (Å²) in [6.45, 7) is 3.60. The van der Waals surface area contributed by atoms with Crippen LogP contribution in [0.15, 0.2) is 59.6 Å². The van der Waals surface area contributed by atoms with Crippen LogP contribution in [0.5, 0.6) is 17.5 Å². The van der Waals surface area contributed by atoms with Crippen molar-refractivity contribution in [2.75, 3.05) is 24.8 Å². The van der Waals surface area contributed by atoms with Crippen molar-refractivity contribution in [2.45, 2.75) is 24.8 Å². The molecule has 0 aliphatic heterocycles. The first-order valence-electron chi connectivity index (χ1n) is 10.8. The quantitative estimate of drug-likeness (QED) is 0.388. The first-order valence-corrected chi connectivity index (χ1v) is 12.5. The zero-order valence-corrected chi connectivity index (χ0v) is 20.6. The lowest BCUT2D eigenvalue weighted by molar-refractivity contribution is 0.0696. The number of rotatable bonds is 11. The number of benzene rings is 1. The van der Waals surface area contributed by atoms with Gasteiger partial charge in [-0.05, 0) is 43.3 Å². The number of anilines is 1. The van der Waals surface area contributed by atoms with Crippen LogP contribution in [0.3, 0.4) is 0 Å². The molecule has 0 fully saturated rings. The molecule has 2 N–H and O–H groups in total. The summed E-state index contributed by atoms with van der Waals surface area (Å²) in [5.41, 5.74) is 0.113. The first kappa shape index (κ1) is 26.6. The van der Waals surface area contributed by atoms with Crippen LogP contribution in [0.4, 0.5) is 5.82 Å². The number of nitrogens with zero attached hydrogens (tertiary/aromatic N) is 2. The summed E-state index contributed by atoms with van der Waals surface area (Å²) in [7, 11) is -1.84. The van der Waals surface area contributed by atoms with Gasteiger partial charge in [0, 0.05) is 25.4 Å². The van der Waals surface area contributed by atoms with Crippen molar-refractivity contribution in [1.29, 1.82) is 0 Å². The molecule has 1 amide bonds. The van der Waals surface area contributed by atoms with Gasteiger partial charge in [0.05, 0.1) is 28.4 Å². The van der Waals surface area contributed by atoms with Gasteiger partial charge in [-0.15, -0.1) is 0 Å². The third kappa shape index (κ3) is 6.99. The second kappa shape index (κ2) is 11.6.